The molecule has 1 aromatic heterocycles. The average molecular weight is 306 g/mol. The van der Waals surface area contributed by atoms with Crippen LogP contribution >= 0.6 is 0 Å². The molecule has 3 heterocycles. The highest BCUT2D eigenvalue weighted by Crippen LogP contribution is 2.41. The van der Waals surface area contributed by atoms with Crippen molar-refractivity contribution in [3.63, 3.8) is 0 Å². The molecule has 1 aromatic rings. The highest BCUT2D eigenvalue weighted by atomic mass is 16.3. The number of aliphatic hydroxyl groups excluding tert-OH is 1. The fourth-order valence-electron chi connectivity index (χ4n) is 4.08. The van der Waals surface area contributed by atoms with E-state index in [1.807, 2.05) is 18.9 Å². The molecular formula is C16H26N4O2. The van der Waals surface area contributed by atoms with Crippen LogP contribution in [-0.4, -0.2) is 69.9 Å². The minimum absolute atomic E-state index is 0.0340. The topological polar surface area (TPSA) is 61.6 Å². The number of aromatic nitrogens is 2. The lowest BCUT2D eigenvalue weighted by molar-refractivity contribution is -0.0601. The van der Waals surface area contributed by atoms with Crippen LogP contribution in [0.1, 0.15) is 35.3 Å². The third-order valence-corrected chi connectivity index (χ3v) is 5.77. The van der Waals surface area contributed by atoms with Crippen molar-refractivity contribution in [2.24, 2.45) is 12.5 Å². The number of aryl methyl sites for hydroxylation is 1. The summed E-state index contributed by atoms with van der Waals surface area (Å²) in [6.45, 7) is 4.60. The van der Waals surface area contributed by atoms with Crippen LogP contribution in [-0.2, 0) is 7.05 Å². The second-order valence-electron chi connectivity index (χ2n) is 6.89. The van der Waals surface area contributed by atoms with Crippen molar-refractivity contribution < 1.29 is 9.90 Å². The summed E-state index contributed by atoms with van der Waals surface area (Å²) in [6.07, 6.45) is 4.73. The molecule has 2 aliphatic heterocycles. The zero-order valence-corrected chi connectivity index (χ0v) is 13.7. The quantitative estimate of drug-likeness (QED) is 0.871. The summed E-state index contributed by atoms with van der Waals surface area (Å²) in [5.74, 6) is 0.0658. The van der Waals surface area contributed by atoms with E-state index < -0.39 is 0 Å². The Morgan fingerprint density at radius 1 is 1.41 bits per heavy atom. The zero-order valence-electron chi connectivity index (χ0n) is 13.7. The van der Waals surface area contributed by atoms with Crippen molar-refractivity contribution in [1.82, 2.24) is 19.6 Å². The van der Waals surface area contributed by atoms with Crippen molar-refractivity contribution >= 4 is 5.91 Å². The Morgan fingerprint density at radius 2 is 2.18 bits per heavy atom. The molecule has 3 rings (SSSR count). The Balaban J connectivity index is 1.81. The minimum atomic E-state index is -0.0340. The van der Waals surface area contributed by atoms with E-state index in [-0.39, 0.29) is 24.0 Å². The molecule has 0 spiro atoms. The first-order valence-electron chi connectivity index (χ1n) is 8.07. The predicted octanol–water partition coefficient (Wildman–Crippen LogP) is 0.647. The molecule has 0 aliphatic carbocycles. The number of piperidine rings is 2. The molecule has 1 N–H and O–H groups in total. The molecular weight excluding hydrogens is 280 g/mol. The van der Waals surface area contributed by atoms with Gasteiger partial charge in [-0.2, -0.15) is 5.10 Å². The van der Waals surface area contributed by atoms with Crippen molar-refractivity contribution in [3.8, 4) is 0 Å². The van der Waals surface area contributed by atoms with Crippen LogP contribution in [0.4, 0.5) is 0 Å². The van der Waals surface area contributed by atoms with Gasteiger partial charge in [-0.25, -0.2) is 0 Å². The Morgan fingerprint density at radius 3 is 2.82 bits per heavy atom. The first-order valence-corrected chi connectivity index (χ1v) is 8.07. The lowest BCUT2D eigenvalue weighted by Gasteiger charge is -2.53. The van der Waals surface area contributed by atoms with Gasteiger partial charge in [-0.05, 0) is 39.8 Å². The van der Waals surface area contributed by atoms with Gasteiger partial charge in [0.2, 0.25) is 0 Å². The van der Waals surface area contributed by atoms with E-state index in [2.05, 4.69) is 17.0 Å². The van der Waals surface area contributed by atoms with Gasteiger partial charge in [0, 0.05) is 37.3 Å². The minimum Gasteiger partial charge on any atom is -0.396 e. The van der Waals surface area contributed by atoms with Gasteiger partial charge in [0.05, 0.1) is 18.4 Å². The Kier molecular flexibility index (Phi) is 3.99. The second kappa shape index (κ2) is 5.66. The van der Waals surface area contributed by atoms with Gasteiger partial charge in [-0.1, -0.05) is 0 Å². The van der Waals surface area contributed by atoms with Crippen LogP contribution in [0, 0.1) is 12.3 Å². The van der Waals surface area contributed by atoms with Crippen molar-refractivity contribution in [1.29, 1.82) is 0 Å². The van der Waals surface area contributed by atoms with E-state index in [1.54, 1.807) is 10.9 Å². The van der Waals surface area contributed by atoms with E-state index in [9.17, 15) is 9.90 Å². The van der Waals surface area contributed by atoms with E-state index >= 15 is 0 Å². The van der Waals surface area contributed by atoms with Crippen LogP contribution in [0.15, 0.2) is 6.20 Å². The molecule has 6 nitrogen and oxygen atoms in total. The number of amides is 1. The van der Waals surface area contributed by atoms with Gasteiger partial charge in [-0.15, -0.1) is 0 Å². The molecule has 2 aliphatic rings. The third-order valence-electron chi connectivity index (χ3n) is 5.77. The standard InChI is InChI=1S/C16H26N4O2/c1-12-13(9-17-19(12)3)15(22)20-8-6-16(11-21)5-4-7-18(2)14(16)10-20/h9,14,21H,4-8,10-11H2,1-3H3/t14-,16-/m1/s1. The summed E-state index contributed by atoms with van der Waals surface area (Å²) in [4.78, 5) is 17.0. The maximum atomic E-state index is 12.8. The van der Waals surface area contributed by atoms with Crippen LogP contribution in [0.2, 0.25) is 0 Å². The van der Waals surface area contributed by atoms with E-state index in [0.29, 0.717) is 12.1 Å². The van der Waals surface area contributed by atoms with Crippen LogP contribution in [0.3, 0.4) is 0 Å². The van der Waals surface area contributed by atoms with Gasteiger partial charge < -0.3 is 14.9 Å². The number of carbonyl (C=O) groups excluding carboxylic acids is 1. The number of hydrogen-bond acceptors (Lipinski definition) is 4. The number of likely N-dealkylation sites (tertiary alicyclic amines) is 2. The van der Waals surface area contributed by atoms with Crippen molar-refractivity contribution in [3.05, 3.63) is 17.5 Å². The Bertz CT molecular complexity index is 570. The zero-order chi connectivity index (χ0) is 15.9. The lowest BCUT2D eigenvalue weighted by Crippen LogP contribution is -2.62. The number of likely N-dealkylation sites (N-methyl/N-ethyl adjacent to an activating group) is 1. The molecule has 0 unspecified atom stereocenters. The first kappa shape index (κ1) is 15.5. The highest BCUT2D eigenvalue weighted by Gasteiger charge is 2.47. The maximum absolute atomic E-state index is 12.8. The molecule has 1 amide bonds. The van der Waals surface area contributed by atoms with Crippen LogP contribution in [0.5, 0.6) is 0 Å². The summed E-state index contributed by atoms with van der Waals surface area (Å²) in [6, 6.07) is 0.251. The van der Waals surface area contributed by atoms with Gasteiger partial charge >= 0.3 is 0 Å². The predicted molar refractivity (Wildman–Crippen MR) is 83.6 cm³/mol. The van der Waals surface area contributed by atoms with E-state index in [0.717, 1.165) is 38.0 Å². The van der Waals surface area contributed by atoms with Gasteiger partial charge in [-0.3, -0.25) is 9.48 Å². The third kappa shape index (κ3) is 2.34. The summed E-state index contributed by atoms with van der Waals surface area (Å²) in [7, 11) is 3.96. The number of hydrogen-bond donors (Lipinski definition) is 1. The van der Waals surface area contributed by atoms with Gasteiger partial charge in [0.15, 0.2) is 0 Å². The summed E-state index contributed by atoms with van der Waals surface area (Å²) < 4.78 is 1.74. The number of aliphatic hydroxyl groups is 1. The Labute approximate surface area is 131 Å². The monoisotopic (exact) mass is 306 g/mol. The van der Waals surface area contributed by atoms with E-state index in [1.165, 1.54) is 0 Å². The fourth-order valence-corrected chi connectivity index (χ4v) is 4.08. The molecule has 2 fully saturated rings. The van der Waals surface area contributed by atoms with Crippen LogP contribution < -0.4 is 0 Å². The lowest BCUT2D eigenvalue weighted by atomic mass is 9.69. The molecule has 122 valence electrons. The molecule has 22 heavy (non-hydrogen) atoms. The summed E-state index contributed by atoms with van der Waals surface area (Å²) >= 11 is 0. The Hall–Kier alpha value is -1.40. The van der Waals surface area contributed by atoms with Gasteiger partial charge in [0.25, 0.3) is 5.91 Å². The largest absolute Gasteiger partial charge is 0.396 e. The number of rotatable bonds is 2. The molecule has 2 saturated heterocycles. The summed E-state index contributed by atoms with van der Waals surface area (Å²) in [5, 5.41) is 14.1. The number of fused-ring (bicyclic) bond motifs is 1. The molecule has 0 saturated carbocycles. The SMILES string of the molecule is Cc1c(C(=O)N2CC[C@@]3(CO)CCCN(C)[C@@H]3C2)cnn1C. The molecule has 6 heteroatoms. The fraction of sp³-hybridized carbons (Fsp3) is 0.750. The van der Waals surface area contributed by atoms with Crippen molar-refractivity contribution in [2.75, 3.05) is 33.3 Å². The first-order chi connectivity index (χ1) is 10.5. The molecule has 0 bridgehead atoms. The molecule has 0 aromatic carbocycles. The van der Waals surface area contributed by atoms with E-state index in [4.69, 9.17) is 0 Å². The second-order valence-corrected chi connectivity index (χ2v) is 6.89. The van der Waals surface area contributed by atoms with Crippen LogP contribution in [0.25, 0.3) is 0 Å². The average Bonchev–Trinajstić information content (AvgIpc) is 2.86. The summed E-state index contributed by atoms with van der Waals surface area (Å²) in [5.41, 5.74) is 1.56. The number of nitrogens with zero attached hydrogens (tertiary/aromatic N) is 4. The van der Waals surface area contributed by atoms with Crippen molar-refractivity contribution in [2.45, 2.75) is 32.2 Å². The smallest absolute Gasteiger partial charge is 0.257 e. The molecule has 2 atom stereocenters. The molecule has 0 radical (unpaired) electrons. The highest BCUT2D eigenvalue weighted by molar-refractivity contribution is 5.95. The normalized spacial score (nSPS) is 29.5. The maximum Gasteiger partial charge on any atom is 0.257 e. The van der Waals surface area contributed by atoms with Gasteiger partial charge in [0.1, 0.15) is 0 Å². The number of carbonyl (C=O) groups is 1.